The van der Waals surface area contributed by atoms with E-state index in [4.69, 9.17) is 0 Å². The van der Waals surface area contributed by atoms with Gasteiger partial charge in [-0.15, -0.1) is 17.9 Å². The molecule has 2 aromatic heterocycles. The topological polar surface area (TPSA) is 21.1 Å². The van der Waals surface area contributed by atoms with E-state index in [-0.39, 0.29) is 0 Å². The Morgan fingerprint density at radius 1 is 1.53 bits per heavy atom. The molecular weight excluding hydrogens is 230 g/mol. The van der Waals surface area contributed by atoms with Crippen LogP contribution in [0, 0.1) is 0 Å². The van der Waals surface area contributed by atoms with E-state index in [1.807, 2.05) is 25.5 Å². The van der Waals surface area contributed by atoms with E-state index in [1.54, 1.807) is 11.3 Å². The first kappa shape index (κ1) is 12.1. The van der Waals surface area contributed by atoms with E-state index in [1.165, 1.54) is 4.88 Å². The summed E-state index contributed by atoms with van der Waals surface area (Å²) in [6.07, 6.45) is 5.76. The lowest BCUT2D eigenvalue weighted by Gasteiger charge is -2.19. The molecule has 0 aliphatic carbocycles. The molecule has 0 fully saturated rings. The first-order valence-electron chi connectivity index (χ1n) is 5.61. The quantitative estimate of drug-likeness (QED) is 0.732. The van der Waals surface area contributed by atoms with Crippen molar-refractivity contribution < 1.29 is 0 Å². The molecule has 0 aliphatic rings. The summed E-state index contributed by atoms with van der Waals surface area (Å²) in [5.41, 5.74) is 0. The van der Waals surface area contributed by atoms with Crippen molar-refractivity contribution in [3.8, 4) is 0 Å². The highest BCUT2D eigenvalue weighted by Gasteiger charge is 2.08. The highest BCUT2D eigenvalue weighted by atomic mass is 32.1. The third-order valence-electron chi connectivity index (χ3n) is 2.63. The minimum absolute atomic E-state index is 0.855. The normalized spacial score (nSPS) is 10.9. The predicted molar refractivity (Wildman–Crippen MR) is 71.8 cm³/mol. The summed E-state index contributed by atoms with van der Waals surface area (Å²) in [4.78, 5) is 8.07. The van der Waals surface area contributed by atoms with Crippen LogP contribution in [0.1, 0.15) is 10.7 Å². The van der Waals surface area contributed by atoms with Crippen LogP contribution in [0.25, 0.3) is 0 Å². The van der Waals surface area contributed by atoms with E-state index in [0.717, 1.165) is 25.5 Å². The summed E-state index contributed by atoms with van der Waals surface area (Å²) in [5, 5.41) is 2.11. The Labute approximate surface area is 106 Å². The van der Waals surface area contributed by atoms with Crippen LogP contribution in [0.5, 0.6) is 0 Å². The number of imidazole rings is 1. The second-order valence-corrected chi connectivity index (χ2v) is 5.02. The molecule has 0 saturated heterocycles. The Morgan fingerprint density at radius 3 is 3.00 bits per heavy atom. The summed E-state index contributed by atoms with van der Waals surface area (Å²) in [6.45, 7) is 6.51. The fourth-order valence-electron chi connectivity index (χ4n) is 1.74. The van der Waals surface area contributed by atoms with Crippen LogP contribution < -0.4 is 0 Å². The zero-order valence-corrected chi connectivity index (χ0v) is 10.9. The summed E-state index contributed by atoms with van der Waals surface area (Å²) in [7, 11) is 2.03. The van der Waals surface area contributed by atoms with Gasteiger partial charge in [0.25, 0.3) is 0 Å². The summed E-state index contributed by atoms with van der Waals surface area (Å²) >= 11 is 1.79. The minimum atomic E-state index is 0.855. The van der Waals surface area contributed by atoms with E-state index >= 15 is 0 Å². The zero-order valence-electron chi connectivity index (χ0n) is 10.0. The molecule has 2 rings (SSSR count). The van der Waals surface area contributed by atoms with Gasteiger partial charge in [-0.3, -0.25) is 4.90 Å². The molecule has 0 amide bonds. The van der Waals surface area contributed by atoms with Gasteiger partial charge in [-0.2, -0.15) is 0 Å². The molecule has 4 heteroatoms. The van der Waals surface area contributed by atoms with Crippen molar-refractivity contribution >= 4 is 11.3 Å². The van der Waals surface area contributed by atoms with E-state index in [0.29, 0.717) is 0 Å². The molecule has 0 N–H and O–H groups in total. The molecule has 2 aromatic rings. The summed E-state index contributed by atoms with van der Waals surface area (Å²) in [6, 6.07) is 4.26. The molecule has 0 unspecified atom stereocenters. The van der Waals surface area contributed by atoms with Crippen molar-refractivity contribution in [1.82, 2.24) is 14.5 Å². The smallest absolute Gasteiger partial charge is 0.122 e. The van der Waals surface area contributed by atoms with Crippen LogP contribution in [0.2, 0.25) is 0 Å². The Balaban J connectivity index is 2.02. The monoisotopic (exact) mass is 247 g/mol. The van der Waals surface area contributed by atoms with Crippen molar-refractivity contribution in [1.29, 1.82) is 0 Å². The number of nitrogens with zero attached hydrogens (tertiary/aromatic N) is 3. The van der Waals surface area contributed by atoms with Crippen LogP contribution in [0.4, 0.5) is 0 Å². The highest BCUT2D eigenvalue weighted by Crippen LogP contribution is 2.13. The van der Waals surface area contributed by atoms with Gasteiger partial charge in [0.2, 0.25) is 0 Å². The van der Waals surface area contributed by atoms with E-state index in [9.17, 15) is 0 Å². The molecule has 90 valence electrons. The lowest BCUT2D eigenvalue weighted by atomic mass is 10.3. The maximum atomic E-state index is 4.36. The Kier molecular flexibility index (Phi) is 4.12. The molecule has 0 radical (unpaired) electrons. The molecule has 0 bridgehead atoms. The van der Waals surface area contributed by atoms with Crippen molar-refractivity contribution in [2.24, 2.45) is 7.05 Å². The van der Waals surface area contributed by atoms with Gasteiger partial charge in [0.15, 0.2) is 0 Å². The molecule has 0 aliphatic heterocycles. The number of hydrogen-bond donors (Lipinski definition) is 0. The first-order valence-corrected chi connectivity index (χ1v) is 6.49. The molecule has 0 saturated carbocycles. The number of hydrogen-bond acceptors (Lipinski definition) is 3. The Bertz CT molecular complexity index is 459. The van der Waals surface area contributed by atoms with Crippen LogP contribution >= 0.6 is 11.3 Å². The van der Waals surface area contributed by atoms with Crippen LogP contribution in [-0.4, -0.2) is 21.0 Å². The minimum Gasteiger partial charge on any atom is -0.337 e. The lowest BCUT2D eigenvalue weighted by molar-refractivity contribution is 0.278. The summed E-state index contributed by atoms with van der Waals surface area (Å²) in [5.74, 6) is 1.09. The first-order chi connectivity index (χ1) is 8.29. The largest absolute Gasteiger partial charge is 0.337 e. The van der Waals surface area contributed by atoms with Gasteiger partial charge in [-0.05, 0) is 11.4 Å². The number of rotatable bonds is 6. The molecule has 0 spiro atoms. The van der Waals surface area contributed by atoms with Gasteiger partial charge < -0.3 is 4.57 Å². The lowest BCUT2D eigenvalue weighted by Crippen LogP contribution is -2.24. The molecule has 0 atom stereocenters. The van der Waals surface area contributed by atoms with Crippen molar-refractivity contribution in [3.05, 3.63) is 53.3 Å². The maximum absolute atomic E-state index is 4.36. The van der Waals surface area contributed by atoms with Crippen molar-refractivity contribution in [2.45, 2.75) is 13.1 Å². The third kappa shape index (κ3) is 3.28. The van der Waals surface area contributed by atoms with Gasteiger partial charge in [0.1, 0.15) is 5.82 Å². The van der Waals surface area contributed by atoms with Gasteiger partial charge in [0, 0.05) is 37.4 Å². The van der Waals surface area contributed by atoms with Crippen LogP contribution in [0.3, 0.4) is 0 Å². The molecule has 3 nitrogen and oxygen atoms in total. The van der Waals surface area contributed by atoms with E-state index < -0.39 is 0 Å². The molecule has 0 aromatic carbocycles. The molecule has 2 heterocycles. The van der Waals surface area contributed by atoms with Crippen LogP contribution in [0.15, 0.2) is 42.6 Å². The Morgan fingerprint density at radius 2 is 2.41 bits per heavy atom. The molecule has 17 heavy (non-hydrogen) atoms. The summed E-state index contributed by atoms with van der Waals surface area (Å²) < 4.78 is 2.06. The van der Waals surface area contributed by atoms with Gasteiger partial charge >= 0.3 is 0 Å². The second kappa shape index (κ2) is 5.80. The fraction of sp³-hybridized carbons (Fsp3) is 0.308. The van der Waals surface area contributed by atoms with Crippen molar-refractivity contribution in [3.63, 3.8) is 0 Å². The maximum Gasteiger partial charge on any atom is 0.122 e. The third-order valence-corrected chi connectivity index (χ3v) is 3.49. The van der Waals surface area contributed by atoms with Gasteiger partial charge in [-0.25, -0.2) is 4.98 Å². The SMILES string of the molecule is C=CCN(Cc1cccs1)Cc1nccn1C. The fourth-order valence-corrected chi connectivity index (χ4v) is 2.49. The average molecular weight is 247 g/mol. The molecular formula is C13H17N3S. The van der Waals surface area contributed by atoms with Crippen molar-refractivity contribution in [2.75, 3.05) is 6.54 Å². The standard InChI is InChI=1S/C13H17N3S/c1-3-7-16(10-12-5-4-9-17-12)11-13-14-6-8-15(13)2/h3-6,8-9H,1,7,10-11H2,2H3. The average Bonchev–Trinajstić information content (AvgIpc) is 2.92. The second-order valence-electron chi connectivity index (χ2n) is 3.99. The van der Waals surface area contributed by atoms with Crippen LogP contribution in [-0.2, 0) is 20.1 Å². The van der Waals surface area contributed by atoms with E-state index in [2.05, 4.69) is 38.5 Å². The number of aromatic nitrogens is 2. The number of thiophene rings is 1. The number of aryl methyl sites for hydroxylation is 1. The zero-order chi connectivity index (χ0) is 12.1. The highest BCUT2D eigenvalue weighted by molar-refractivity contribution is 7.09. The van der Waals surface area contributed by atoms with Gasteiger partial charge in [-0.1, -0.05) is 12.1 Å². The Hall–Kier alpha value is -1.39. The predicted octanol–water partition coefficient (Wildman–Crippen LogP) is 2.67. The van der Waals surface area contributed by atoms with Gasteiger partial charge in [0.05, 0.1) is 6.54 Å².